The molecule has 0 saturated carbocycles. The first-order valence-electron chi connectivity index (χ1n) is 5.37. The Morgan fingerprint density at radius 2 is 2.33 bits per heavy atom. The molecule has 0 spiro atoms. The van der Waals surface area contributed by atoms with Crippen LogP contribution in [0.4, 0.5) is 11.4 Å². The summed E-state index contributed by atoms with van der Waals surface area (Å²) >= 11 is 0. The van der Waals surface area contributed by atoms with Crippen LogP contribution in [0.2, 0.25) is 0 Å². The Labute approximate surface area is 90.1 Å². The van der Waals surface area contributed by atoms with Crippen molar-refractivity contribution in [1.82, 2.24) is 0 Å². The highest BCUT2D eigenvalue weighted by atomic mass is 16.2. The van der Waals surface area contributed by atoms with Gasteiger partial charge in [-0.05, 0) is 37.1 Å². The molecule has 3 heteroatoms. The molecule has 0 saturated heterocycles. The van der Waals surface area contributed by atoms with Gasteiger partial charge in [-0.1, -0.05) is 0 Å². The maximum atomic E-state index is 11.3. The van der Waals surface area contributed by atoms with Gasteiger partial charge < -0.3 is 10.2 Å². The highest BCUT2D eigenvalue weighted by Gasteiger charge is 2.21. The number of amides is 1. The minimum Gasteiger partial charge on any atom is -0.385 e. The van der Waals surface area contributed by atoms with E-state index in [1.54, 1.807) is 6.92 Å². The molecular weight excluding hydrogens is 188 g/mol. The van der Waals surface area contributed by atoms with E-state index < -0.39 is 0 Å². The monoisotopic (exact) mass is 204 g/mol. The fourth-order valence-electron chi connectivity index (χ4n) is 2.04. The van der Waals surface area contributed by atoms with Gasteiger partial charge in [-0.25, -0.2) is 0 Å². The predicted octanol–water partition coefficient (Wildman–Crippen LogP) is 2.03. The van der Waals surface area contributed by atoms with Gasteiger partial charge in [0.25, 0.3) is 0 Å². The zero-order chi connectivity index (χ0) is 10.8. The van der Waals surface area contributed by atoms with Crippen molar-refractivity contribution in [3.8, 4) is 0 Å². The first-order chi connectivity index (χ1) is 7.22. The summed E-state index contributed by atoms with van der Waals surface area (Å²) in [6.45, 7) is 5.44. The molecule has 0 radical (unpaired) electrons. The van der Waals surface area contributed by atoms with Crippen molar-refractivity contribution < 1.29 is 4.79 Å². The standard InChI is InChI=1S/C12H16N2O/c1-3-13-11-4-5-12-10(8-11)6-7-14(12)9(2)15/h4-5,8,13H,3,6-7H2,1-2H3. The molecule has 1 amide bonds. The zero-order valence-electron chi connectivity index (χ0n) is 9.21. The van der Waals surface area contributed by atoms with Gasteiger partial charge in [0, 0.05) is 31.4 Å². The Bertz CT molecular complexity index is 387. The van der Waals surface area contributed by atoms with Gasteiger partial charge in [-0.3, -0.25) is 4.79 Å². The van der Waals surface area contributed by atoms with Gasteiger partial charge >= 0.3 is 0 Å². The number of nitrogens with one attached hydrogen (secondary N) is 1. The minimum absolute atomic E-state index is 0.130. The van der Waals surface area contributed by atoms with E-state index in [9.17, 15) is 4.79 Å². The summed E-state index contributed by atoms with van der Waals surface area (Å²) in [7, 11) is 0. The van der Waals surface area contributed by atoms with E-state index in [0.29, 0.717) is 0 Å². The van der Waals surface area contributed by atoms with Crippen LogP contribution in [0.25, 0.3) is 0 Å². The average molecular weight is 204 g/mol. The molecule has 1 heterocycles. The zero-order valence-corrected chi connectivity index (χ0v) is 9.21. The number of nitrogens with zero attached hydrogens (tertiary/aromatic N) is 1. The van der Waals surface area contributed by atoms with Gasteiger partial charge in [-0.2, -0.15) is 0 Å². The van der Waals surface area contributed by atoms with E-state index in [1.807, 2.05) is 17.0 Å². The van der Waals surface area contributed by atoms with Crippen molar-refractivity contribution in [1.29, 1.82) is 0 Å². The lowest BCUT2D eigenvalue weighted by atomic mass is 10.1. The van der Waals surface area contributed by atoms with Crippen molar-refractivity contribution in [2.24, 2.45) is 0 Å². The second-order valence-electron chi connectivity index (χ2n) is 3.79. The molecule has 15 heavy (non-hydrogen) atoms. The second-order valence-corrected chi connectivity index (χ2v) is 3.79. The Kier molecular flexibility index (Phi) is 2.62. The largest absolute Gasteiger partial charge is 0.385 e. The summed E-state index contributed by atoms with van der Waals surface area (Å²) in [5, 5.41) is 3.28. The Morgan fingerprint density at radius 3 is 3.00 bits per heavy atom. The maximum absolute atomic E-state index is 11.3. The molecule has 0 aromatic heterocycles. The quantitative estimate of drug-likeness (QED) is 0.799. The predicted molar refractivity (Wildman–Crippen MR) is 62.3 cm³/mol. The lowest BCUT2D eigenvalue weighted by Crippen LogP contribution is -2.25. The van der Waals surface area contributed by atoms with Crippen molar-refractivity contribution in [2.45, 2.75) is 20.3 Å². The van der Waals surface area contributed by atoms with Crippen LogP contribution in [0.1, 0.15) is 19.4 Å². The molecule has 1 aromatic rings. The lowest BCUT2D eigenvalue weighted by molar-refractivity contribution is -0.116. The molecule has 0 atom stereocenters. The molecule has 3 nitrogen and oxygen atoms in total. The molecule has 2 rings (SSSR count). The normalized spacial score (nSPS) is 13.9. The fourth-order valence-corrected chi connectivity index (χ4v) is 2.04. The SMILES string of the molecule is CCNc1ccc2c(c1)CCN2C(C)=O. The highest BCUT2D eigenvalue weighted by Crippen LogP contribution is 2.30. The Hall–Kier alpha value is -1.51. The average Bonchev–Trinajstić information content (AvgIpc) is 2.61. The summed E-state index contributed by atoms with van der Waals surface area (Å²) in [5.74, 6) is 0.130. The number of anilines is 2. The summed E-state index contributed by atoms with van der Waals surface area (Å²) < 4.78 is 0. The van der Waals surface area contributed by atoms with Gasteiger partial charge in [0.1, 0.15) is 0 Å². The van der Waals surface area contributed by atoms with Crippen molar-refractivity contribution in [3.05, 3.63) is 23.8 Å². The van der Waals surface area contributed by atoms with Crippen molar-refractivity contribution in [2.75, 3.05) is 23.3 Å². The molecule has 1 aliphatic rings. The molecule has 0 unspecified atom stereocenters. The third-order valence-electron chi connectivity index (χ3n) is 2.74. The van der Waals surface area contributed by atoms with Crippen LogP contribution in [-0.2, 0) is 11.2 Å². The van der Waals surface area contributed by atoms with E-state index in [2.05, 4.69) is 18.3 Å². The van der Waals surface area contributed by atoms with Crippen LogP contribution < -0.4 is 10.2 Å². The van der Waals surface area contributed by atoms with E-state index in [1.165, 1.54) is 5.56 Å². The Balaban J connectivity index is 2.29. The van der Waals surface area contributed by atoms with Crippen LogP contribution in [-0.4, -0.2) is 19.0 Å². The summed E-state index contributed by atoms with van der Waals surface area (Å²) in [6.07, 6.45) is 0.966. The lowest BCUT2D eigenvalue weighted by Gasteiger charge is -2.15. The Morgan fingerprint density at radius 1 is 1.53 bits per heavy atom. The molecule has 0 aliphatic carbocycles. The maximum Gasteiger partial charge on any atom is 0.223 e. The molecule has 1 aromatic carbocycles. The third-order valence-corrected chi connectivity index (χ3v) is 2.74. The first-order valence-corrected chi connectivity index (χ1v) is 5.37. The number of benzene rings is 1. The number of hydrogen-bond acceptors (Lipinski definition) is 2. The summed E-state index contributed by atoms with van der Waals surface area (Å²) in [6, 6.07) is 6.20. The smallest absolute Gasteiger partial charge is 0.223 e. The molecular formula is C12H16N2O. The summed E-state index contributed by atoms with van der Waals surface area (Å²) in [4.78, 5) is 13.2. The first kappa shape index (κ1) is 10.0. The van der Waals surface area contributed by atoms with E-state index >= 15 is 0 Å². The summed E-state index contributed by atoms with van der Waals surface area (Å²) in [5.41, 5.74) is 3.48. The topological polar surface area (TPSA) is 32.3 Å². The van der Waals surface area contributed by atoms with Crippen LogP contribution in [0.5, 0.6) is 0 Å². The number of hydrogen-bond donors (Lipinski definition) is 1. The van der Waals surface area contributed by atoms with Gasteiger partial charge in [0.05, 0.1) is 0 Å². The molecule has 80 valence electrons. The van der Waals surface area contributed by atoms with Crippen LogP contribution in [0, 0.1) is 0 Å². The van der Waals surface area contributed by atoms with E-state index in [4.69, 9.17) is 0 Å². The third kappa shape index (κ3) is 1.82. The number of fused-ring (bicyclic) bond motifs is 1. The van der Waals surface area contributed by atoms with Gasteiger partial charge in [0.2, 0.25) is 5.91 Å². The molecule has 1 N–H and O–H groups in total. The number of rotatable bonds is 2. The highest BCUT2D eigenvalue weighted by molar-refractivity contribution is 5.94. The molecule has 1 aliphatic heterocycles. The van der Waals surface area contributed by atoms with Crippen LogP contribution >= 0.6 is 0 Å². The molecule has 0 fully saturated rings. The van der Waals surface area contributed by atoms with Crippen LogP contribution in [0.3, 0.4) is 0 Å². The van der Waals surface area contributed by atoms with Crippen LogP contribution in [0.15, 0.2) is 18.2 Å². The van der Waals surface area contributed by atoms with Gasteiger partial charge in [0.15, 0.2) is 0 Å². The molecule has 0 bridgehead atoms. The van der Waals surface area contributed by atoms with Gasteiger partial charge in [-0.15, -0.1) is 0 Å². The number of carbonyl (C=O) groups excluding carboxylic acids is 1. The second kappa shape index (κ2) is 3.93. The fraction of sp³-hybridized carbons (Fsp3) is 0.417. The van der Waals surface area contributed by atoms with E-state index in [-0.39, 0.29) is 5.91 Å². The number of carbonyl (C=O) groups is 1. The minimum atomic E-state index is 0.130. The van der Waals surface area contributed by atoms with Crippen molar-refractivity contribution >= 4 is 17.3 Å². The van der Waals surface area contributed by atoms with E-state index in [0.717, 1.165) is 30.9 Å². The van der Waals surface area contributed by atoms with Crippen molar-refractivity contribution in [3.63, 3.8) is 0 Å².